The van der Waals surface area contributed by atoms with Gasteiger partial charge in [0.2, 0.25) is 0 Å². The average molecular weight is 305 g/mol. The van der Waals surface area contributed by atoms with E-state index in [1.807, 2.05) is 5.43 Å². The van der Waals surface area contributed by atoms with Crippen molar-refractivity contribution in [2.75, 3.05) is 12.4 Å². The van der Waals surface area contributed by atoms with Crippen molar-refractivity contribution in [1.82, 2.24) is 15.9 Å². The van der Waals surface area contributed by atoms with Gasteiger partial charge in [-0.1, -0.05) is 11.6 Å². The van der Waals surface area contributed by atoms with Crippen molar-refractivity contribution >= 4 is 35.1 Å². The van der Waals surface area contributed by atoms with Crippen molar-refractivity contribution in [3.63, 3.8) is 0 Å². The molecule has 0 aliphatic heterocycles. The van der Waals surface area contributed by atoms with Gasteiger partial charge in [0.25, 0.3) is 5.91 Å². The fraction of sp³-hybridized carbons (Fsp3) is 0.200. The van der Waals surface area contributed by atoms with Gasteiger partial charge in [0, 0.05) is 16.5 Å². The fourth-order valence-corrected chi connectivity index (χ4v) is 1.39. The topological polar surface area (TPSA) is 90.9 Å². The predicted octanol–water partition coefficient (Wildman–Crippen LogP) is 1.92. The van der Waals surface area contributed by atoms with Crippen molar-refractivity contribution < 1.29 is 9.59 Å². The Labute approximate surface area is 118 Å². The number of alkyl halides is 1. The van der Waals surface area contributed by atoms with Gasteiger partial charge in [0.15, 0.2) is 0 Å². The van der Waals surface area contributed by atoms with Crippen LogP contribution < -0.4 is 10.9 Å². The molecule has 102 valence electrons. The maximum absolute atomic E-state index is 11.6. The molecule has 9 heteroatoms. The van der Waals surface area contributed by atoms with Gasteiger partial charge >= 0.3 is 6.03 Å². The molecule has 0 fully saturated rings. The largest absolute Gasteiger partial charge is 0.359 e. The zero-order valence-electron chi connectivity index (χ0n) is 9.60. The number of halogens is 2. The summed E-state index contributed by atoms with van der Waals surface area (Å²) in [5, 5.41) is 3.49. The molecule has 0 spiro atoms. The van der Waals surface area contributed by atoms with Crippen molar-refractivity contribution in [2.45, 2.75) is 0 Å². The maximum atomic E-state index is 11.6. The summed E-state index contributed by atoms with van der Waals surface area (Å²) in [7, 11) is 0. The summed E-state index contributed by atoms with van der Waals surface area (Å²) in [5.74, 6) is -0.508. The highest BCUT2D eigenvalue weighted by atomic mass is 35.5. The molecule has 3 amide bonds. The molecule has 1 rings (SSSR count). The number of carbonyl (C=O) groups is 2. The second kappa shape index (κ2) is 7.55. The summed E-state index contributed by atoms with van der Waals surface area (Å²) in [4.78, 5) is 33.3. The molecule has 1 aromatic carbocycles. The Morgan fingerprint density at radius 1 is 1.21 bits per heavy atom. The van der Waals surface area contributed by atoms with Crippen LogP contribution in [0, 0.1) is 4.91 Å². The Bertz CT molecular complexity index is 466. The monoisotopic (exact) mass is 304 g/mol. The molecule has 0 radical (unpaired) electrons. The lowest BCUT2D eigenvalue weighted by molar-refractivity contribution is 0.0930. The zero-order chi connectivity index (χ0) is 14.3. The van der Waals surface area contributed by atoms with E-state index in [1.165, 1.54) is 24.3 Å². The van der Waals surface area contributed by atoms with Gasteiger partial charge in [-0.3, -0.25) is 10.2 Å². The van der Waals surface area contributed by atoms with Gasteiger partial charge in [0.1, 0.15) is 0 Å². The van der Waals surface area contributed by atoms with E-state index in [2.05, 4.69) is 10.7 Å². The first-order chi connectivity index (χ1) is 9.08. The SMILES string of the molecule is O=NN(CCCl)C(=O)NNC(=O)c1ccc(Cl)cc1. The van der Waals surface area contributed by atoms with Crippen LogP contribution >= 0.6 is 23.2 Å². The van der Waals surface area contributed by atoms with E-state index in [-0.39, 0.29) is 12.4 Å². The molecule has 0 aromatic heterocycles. The predicted molar refractivity (Wildman–Crippen MR) is 70.7 cm³/mol. The van der Waals surface area contributed by atoms with Gasteiger partial charge < -0.3 is 0 Å². The van der Waals surface area contributed by atoms with Crippen molar-refractivity contribution in [3.05, 3.63) is 39.8 Å². The molecular weight excluding hydrogens is 295 g/mol. The van der Waals surface area contributed by atoms with Crippen molar-refractivity contribution in [3.8, 4) is 0 Å². The Morgan fingerprint density at radius 3 is 2.37 bits per heavy atom. The first kappa shape index (κ1) is 15.2. The number of nitrogens with one attached hydrogen (secondary N) is 2. The third-order valence-corrected chi connectivity index (χ3v) is 2.44. The Hall–Kier alpha value is -1.86. The van der Waals surface area contributed by atoms with E-state index < -0.39 is 11.9 Å². The molecule has 0 bridgehead atoms. The molecule has 0 saturated heterocycles. The van der Waals surface area contributed by atoms with E-state index >= 15 is 0 Å². The molecule has 19 heavy (non-hydrogen) atoms. The minimum atomic E-state index is -0.877. The fourth-order valence-electron chi connectivity index (χ4n) is 1.11. The zero-order valence-corrected chi connectivity index (χ0v) is 11.1. The van der Waals surface area contributed by atoms with Crippen LogP contribution in [-0.2, 0) is 0 Å². The van der Waals surface area contributed by atoms with E-state index in [0.717, 1.165) is 0 Å². The second-order valence-corrected chi connectivity index (χ2v) is 4.10. The lowest BCUT2D eigenvalue weighted by Crippen LogP contribution is -2.47. The van der Waals surface area contributed by atoms with Gasteiger partial charge in [-0.05, 0) is 24.3 Å². The third kappa shape index (κ3) is 4.72. The molecule has 0 atom stereocenters. The highest BCUT2D eigenvalue weighted by Gasteiger charge is 2.14. The van der Waals surface area contributed by atoms with Crippen LogP contribution in [0.2, 0.25) is 5.02 Å². The van der Waals surface area contributed by atoms with Gasteiger partial charge in [0.05, 0.1) is 11.8 Å². The van der Waals surface area contributed by atoms with E-state index in [4.69, 9.17) is 23.2 Å². The number of hydrogen-bond donors (Lipinski definition) is 2. The number of carbonyl (C=O) groups excluding carboxylic acids is 2. The highest BCUT2D eigenvalue weighted by molar-refractivity contribution is 6.30. The summed E-state index contributed by atoms with van der Waals surface area (Å²) in [6.07, 6.45) is 0. The number of nitrogens with zero attached hydrogens (tertiary/aromatic N) is 2. The summed E-state index contributed by atoms with van der Waals surface area (Å²) < 4.78 is 0. The lowest BCUT2D eigenvalue weighted by atomic mass is 10.2. The average Bonchev–Trinajstić information content (AvgIpc) is 2.42. The standard InChI is InChI=1S/C10H10Cl2N4O3/c11-5-6-16(15-19)10(18)14-13-9(17)7-1-3-8(12)4-2-7/h1-4H,5-6H2,(H,13,17)(H,14,18). The van der Waals surface area contributed by atoms with Crippen LogP contribution in [0.25, 0.3) is 0 Å². The van der Waals surface area contributed by atoms with Crippen LogP contribution in [0.4, 0.5) is 4.79 Å². The lowest BCUT2D eigenvalue weighted by Gasteiger charge is -2.13. The number of hydrazine groups is 1. The number of nitroso groups, excluding NO2 is 1. The second-order valence-electron chi connectivity index (χ2n) is 3.28. The Morgan fingerprint density at radius 2 is 1.84 bits per heavy atom. The van der Waals surface area contributed by atoms with Gasteiger partial charge in [-0.15, -0.1) is 16.5 Å². The molecule has 2 N–H and O–H groups in total. The molecule has 0 aliphatic rings. The van der Waals surface area contributed by atoms with Crippen LogP contribution in [-0.4, -0.2) is 29.4 Å². The molecule has 0 heterocycles. The van der Waals surface area contributed by atoms with E-state index in [1.54, 1.807) is 0 Å². The minimum absolute atomic E-state index is 0.0459. The smallest absolute Gasteiger partial charge is 0.267 e. The van der Waals surface area contributed by atoms with Gasteiger partial charge in [-0.2, -0.15) is 5.01 Å². The molecule has 1 aromatic rings. The van der Waals surface area contributed by atoms with Crippen molar-refractivity contribution in [1.29, 1.82) is 0 Å². The number of urea groups is 1. The first-order valence-corrected chi connectivity index (χ1v) is 6.02. The summed E-state index contributed by atoms with van der Waals surface area (Å²) >= 11 is 11.0. The van der Waals surface area contributed by atoms with Crippen LogP contribution in [0.3, 0.4) is 0 Å². The van der Waals surface area contributed by atoms with Crippen LogP contribution in [0.15, 0.2) is 29.6 Å². The summed E-state index contributed by atoms with van der Waals surface area (Å²) in [6.45, 7) is -0.0618. The first-order valence-electron chi connectivity index (χ1n) is 5.11. The molecule has 0 saturated carbocycles. The van der Waals surface area contributed by atoms with E-state index in [9.17, 15) is 14.5 Å². The Kier molecular flexibility index (Phi) is 6.04. The third-order valence-electron chi connectivity index (χ3n) is 2.02. The maximum Gasteiger partial charge on any atom is 0.359 e. The minimum Gasteiger partial charge on any atom is -0.267 e. The number of benzene rings is 1. The molecule has 0 aliphatic carbocycles. The normalized spacial score (nSPS) is 9.58. The van der Waals surface area contributed by atoms with E-state index in [0.29, 0.717) is 15.6 Å². The summed E-state index contributed by atoms with van der Waals surface area (Å²) in [5.41, 5.74) is 4.46. The molecular formula is C10H10Cl2N4O3. The molecule has 7 nitrogen and oxygen atoms in total. The Balaban J connectivity index is 2.52. The quantitative estimate of drug-likeness (QED) is 0.506. The number of rotatable bonds is 4. The van der Waals surface area contributed by atoms with Crippen molar-refractivity contribution in [2.24, 2.45) is 5.29 Å². The summed E-state index contributed by atoms with van der Waals surface area (Å²) in [6, 6.07) is 5.16. The number of hydrogen-bond acceptors (Lipinski definition) is 4. The van der Waals surface area contributed by atoms with Crippen LogP contribution in [0.1, 0.15) is 10.4 Å². The van der Waals surface area contributed by atoms with Gasteiger partial charge in [-0.25, -0.2) is 10.2 Å². The van der Waals surface area contributed by atoms with Crippen LogP contribution in [0.5, 0.6) is 0 Å². The number of amides is 3. The molecule has 0 unspecified atom stereocenters. The highest BCUT2D eigenvalue weighted by Crippen LogP contribution is 2.08.